The smallest absolute Gasteiger partial charge is 0.335 e. The summed E-state index contributed by atoms with van der Waals surface area (Å²) in [5.74, 6) is -0.659. The normalized spacial score (nSPS) is 10.6. The second-order valence-corrected chi connectivity index (χ2v) is 5.12. The summed E-state index contributed by atoms with van der Waals surface area (Å²) < 4.78 is 10.3. The summed E-state index contributed by atoms with van der Waals surface area (Å²) in [6, 6.07) is 12.5. The number of carbonyl (C=O) groups excluding carboxylic acids is 1. The molecule has 0 saturated heterocycles. The highest BCUT2D eigenvalue weighted by atomic mass is 16.5. The average molecular weight is 352 g/mol. The van der Waals surface area contributed by atoms with Crippen LogP contribution in [0.4, 0.5) is 5.69 Å². The van der Waals surface area contributed by atoms with Gasteiger partial charge in [0.15, 0.2) is 11.5 Å². The van der Waals surface area contributed by atoms with Gasteiger partial charge in [0.05, 0.1) is 19.8 Å². The van der Waals surface area contributed by atoms with E-state index in [4.69, 9.17) is 14.6 Å². The molecule has 0 aromatic heterocycles. The van der Waals surface area contributed by atoms with Crippen LogP contribution < -0.4 is 14.8 Å². The molecule has 2 aromatic carbocycles. The summed E-state index contributed by atoms with van der Waals surface area (Å²) in [6.07, 6.45) is 1.42. The van der Waals surface area contributed by atoms with Crippen LogP contribution in [0.3, 0.4) is 0 Å². The Kier molecular flexibility index (Phi) is 5.96. The van der Waals surface area contributed by atoms with E-state index in [0.29, 0.717) is 22.7 Å². The summed E-state index contributed by atoms with van der Waals surface area (Å²) >= 11 is 0. The van der Waals surface area contributed by atoms with Gasteiger partial charge in [-0.1, -0.05) is 6.07 Å². The van der Waals surface area contributed by atoms with Gasteiger partial charge in [0.2, 0.25) is 0 Å². The number of nitrogens with zero attached hydrogens (tertiary/aromatic N) is 1. The average Bonchev–Trinajstić information content (AvgIpc) is 2.66. The summed E-state index contributed by atoms with van der Waals surface area (Å²) in [5.41, 5.74) is 0.966. The van der Waals surface area contributed by atoms with E-state index in [9.17, 15) is 14.9 Å². The van der Waals surface area contributed by atoms with E-state index in [-0.39, 0.29) is 11.1 Å². The third-order valence-corrected chi connectivity index (χ3v) is 3.47. The Hall–Kier alpha value is -3.79. The van der Waals surface area contributed by atoms with Gasteiger partial charge >= 0.3 is 5.97 Å². The number of ether oxygens (including phenoxy) is 2. The van der Waals surface area contributed by atoms with Crippen molar-refractivity contribution in [2.45, 2.75) is 0 Å². The maximum absolute atomic E-state index is 12.3. The zero-order chi connectivity index (χ0) is 19.1. The van der Waals surface area contributed by atoms with Gasteiger partial charge in [-0.05, 0) is 48.0 Å². The molecule has 0 unspecified atom stereocenters. The molecule has 1 amide bonds. The lowest BCUT2D eigenvalue weighted by molar-refractivity contribution is -0.112. The first-order valence-corrected chi connectivity index (χ1v) is 7.47. The summed E-state index contributed by atoms with van der Waals surface area (Å²) in [6.45, 7) is 0. The first-order chi connectivity index (χ1) is 12.5. The van der Waals surface area contributed by atoms with E-state index in [1.54, 1.807) is 18.2 Å². The minimum Gasteiger partial charge on any atom is -0.493 e. The van der Waals surface area contributed by atoms with Crippen LogP contribution in [0.5, 0.6) is 11.5 Å². The van der Waals surface area contributed by atoms with Crippen LogP contribution in [0, 0.1) is 11.3 Å². The highest BCUT2D eigenvalue weighted by Gasteiger charge is 2.11. The zero-order valence-corrected chi connectivity index (χ0v) is 14.1. The van der Waals surface area contributed by atoms with Crippen molar-refractivity contribution in [3.8, 4) is 17.6 Å². The first-order valence-electron chi connectivity index (χ1n) is 7.47. The fourth-order valence-electron chi connectivity index (χ4n) is 2.15. The molecule has 2 N–H and O–H groups in total. The van der Waals surface area contributed by atoms with Crippen LogP contribution in [-0.4, -0.2) is 31.2 Å². The third kappa shape index (κ3) is 4.39. The number of nitriles is 1. The van der Waals surface area contributed by atoms with Gasteiger partial charge in [-0.3, -0.25) is 4.79 Å². The number of hydrogen-bond acceptors (Lipinski definition) is 5. The number of methoxy groups -OCH3 is 2. The first kappa shape index (κ1) is 18.5. The second-order valence-electron chi connectivity index (χ2n) is 5.12. The fraction of sp³-hybridized carbons (Fsp3) is 0.105. The second kappa shape index (κ2) is 8.35. The Bertz CT molecular complexity index is 895. The Morgan fingerprint density at radius 3 is 2.27 bits per heavy atom. The zero-order valence-electron chi connectivity index (χ0n) is 14.1. The number of nitrogens with one attached hydrogen (secondary N) is 1. The van der Waals surface area contributed by atoms with E-state index < -0.39 is 11.9 Å². The highest BCUT2D eigenvalue weighted by molar-refractivity contribution is 6.09. The fourth-order valence-corrected chi connectivity index (χ4v) is 2.15. The monoisotopic (exact) mass is 352 g/mol. The molecule has 26 heavy (non-hydrogen) atoms. The van der Waals surface area contributed by atoms with Crippen molar-refractivity contribution < 1.29 is 24.2 Å². The molecule has 2 aromatic rings. The van der Waals surface area contributed by atoms with E-state index >= 15 is 0 Å². The number of aromatic carboxylic acids is 1. The molecule has 0 aliphatic carbocycles. The molecule has 0 fully saturated rings. The topological polar surface area (TPSA) is 109 Å². The molecule has 0 bridgehead atoms. The number of carboxylic acid groups (broad SMARTS) is 1. The van der Waals surface area contributed by atoms with Crippen molar-refractivity contribution >= 4 is 23.6 Å². The Morgan fingerprint density at radius 1 is 1.08 bits per heavy atom. The SMILES string of the molecule is COc1ccc(C=C(C#N)C(=O)Nc2ccc(C(=O)O)cc2)cc1OC. The molecule has 0 atom stereocenters. The molecule has 7 nitrogen and oxygen atoms in total. The minimum atomic E-state index is -1.06. The lowest BCUT2D eigenvalue weighted by atomic mass is 10.1. The molecule has 7 heteroatoms. The van der Waals surface area contributed by atoms with Crippen molar-refractivity contribution in [3.63, 3.8) is 0 Å². The van der Waals surface area contributed by atoms with E-state index in [2.05, 4.69) is 5.32 Å². The van der Waals surface area contributed by atoms with Gasteiger partial charge < -0.3 is 19.9 Å². The molecular weight excluding hydrogens is 336 g/mol. The molecule has 0 radical (unpaired) electrons. The molecule has 132 valence electrons. The lowest BCUT2D eigenvalue weighted by Gasteiger charge is -2.08. The van der Waals surface area contributed by atoms with E-state index in [0.717, 1.165) is 0 Å². The van der Waals surface area contributed by atoms with Gasteiger partial charge in [0.1, 0.15) is 11.6 Å². The molecule has 0 spiro atoms. The van der Waals surface area contributed by atoms with Crippen LogP contribution >= 0.6 is 0 Å². The number of rotatable bonds is 6. The number of amides is 1. The van der Waals surface area contributed by atoms with Crippen molar-refractivity contribution in [2.75, 3.05) is 19.5 Å². The van der Waals surface area contributed by atoms with Gasteiger partial charge in [0.25, 0.3) is 5.91 Å². The minimum absolute atomic E-state index is 0.101. The van der Waals surface area contributed by atoms with Gasteiger partial charge in [-0.2, -0.15) is 5.26 Å². The number of benzene rings is 2. The number of carbonyl (C=O) groups is 2. The van der Waals surface area contributed by atoms with Crippen molar-refractivity contribution in [2.24, 2.45) is 0 Å². The van der Waals surface area contributed by atoms with Crippen LogP contribution in [0.1, 0.15) is 15.9 Å². The Labute approximate surface area is 150 Å². The van der Waals surface area contributed by atoms with E-state index in [1.165, 1.54) is 44.6 Å². The lowest BCUT2D eigenvalue weighted by Crippen LogP contribution is -2.13. The summed E-state index contributed by atoms with van der Waals surface area (Å²) in [7, 11) is 3.00. The number of hydrogen-bond donors (Lipinski definition) is 2. The van der Waals surface area contributed by atoms with Crippen molar-refractivity contribution in [1.29, 1.82) is 5.26 Å². The maximum atomic E-state index is 12.3. The number of carboxylic acids is 1. The van der Waals surface area contributed by atoms with Gasteiger partial charge in [0, 0.05) is 5.69 Å². The maximum Gasteiger partial charge on any atom is 0.335 e. The summed E-state index contributed by atoms with van der Waals surface area (Å²) in [4.78, 5) is 23.1. The van der Waals surface area contributed by atoms with Crippen molar-refractivity contribution in [3.05, 3.63) is 59.2 Å². The molecule has 0 saturated carbocycles. The molecule has 2 rings (SSSR count). The predicted octanol–water partition coefficient (Wildman–Crippen LogP) is 2.95. The highest BCUT2D eigenvalue weighted by Crippen LogP contribution is 2.28. The van der Waals surface area contributed by atoms with Gasteiger partial charge in [-0.25, -0.2) is 4.79 Å². The molecule has 0 aliphatic rings. The van der Waals surface area contributed by atoms with Crippen LogP contribution in [0.2, 0.25) is 0 Å². The third-order valence-electron chi connectivity index (χ3n) is 3.47. The largest absolute Gasteiger partial charge is 0.493 e. The molecule has 0 aliphatic heterocycles. The molecule has 0 heterocycles. The summed E-state index contributed by atoms with van der Waals surface area (Å²) in [5, 5.41) is 20.7. The van der Waals surface area contributed by atoms with Crippen LogP contribution in [0.15, 0.2) is 48.0 Å². The van der Waals surface area contributed by atoms with Gasteiger partial charge in [-0.15, -0.1) is 0 Å². The van der Waals surface area contributed by atoms with E-state index in [1.807, 2.05) is 6.07 Å². The molecular formula is C19H16N2O5. The quantitative estimate of drug-likeness (QED) is 0.611. The van der Waals surface area contributed by atoms with Crippen LogP contribution in [-0.2, 0) is 4.79 Å². The number of anilines is 1. The Morgan fingerprint density at radius 2 is 1.73 bits per heavy atom. The van der Waals surface area contributed by atoms with Crippen molar-refractivity contribution in [1.82, 2.24) is 0 Å². The van der Waals surface area contributed by atoms with Crippen LogP contribution in [0.25, 0.3) is 6.08 Å². The standard InChI is InChI=1S/C19H16N2O5/c1-25-16-8-3-12(10-17(16)26-2)9-14(11-20)18(22)21-15-6-4-13(5-7-15)19(23)24/h3-10H,1-2H3,(H,21,22)(H,23,24). The Balaban J connectivity index is 2.21. The predicted molar refractivity (Wildman–Crippen MR) is 95.2 cm³/mol.